The van der Waals surface area contributed by atoms with Crippen molar-refractivity contribution in [3.63, 3.8) is 0 Å². The third kappa shape index (κ3) is 4.96. The van der Waals surface area contributed by atoms with Gasteiger partial charge in [-0.3, -0.25) is 4.79 Å². The van der Waals surface area contributed by atoms with Crippen LogP contribution in [0.1, 0.15) is 58.1 Å². The van der Waals surface area contributed by atoms with Gasteiger partial charge >= 0.3 is 0 Å². The molecule has 0 saturated heterocycles. The van der Waals surface area contributed by atoms with E-state index in [4.69, 9.17) is 4.74 Å². The average molecular weight is 319 g/mol. The minimum Gasteiger partial charge on any atom is -0.508 e. The zero-order valence-electron chi connectivity index (χ0n) is 14.5. The molecule has 1 amide bonds. The molecule has 1 fully saturated rings. The molecule has 3 atom stereocenters. The Kier molecular flexibility index (Phi) is 6.46. The largest absolute Gasteiger partial charge is 0.508 e. The summed E-state index contributed by atoms with van der Waals surface area (Å²) in [5.41, 5.74) is 0.937. The van der Waals surface area contributed by atoms with E-state index in [0.717, 1.165) is 18.4 Å². The second-order valence-corrected chi connectivity index (χ2v) is 6.66. The lowest BCUT2D eigenvalue weighted by Crippen LogP contribution is -2.37. The summed E-state index contributed by atoms with van der Waals surface area (Å²) in [6.45, 7) is 6.98. The summed E-state index contributed by atoms with van der Waals surface area (Å²) < 4.78 is 5.87. The maximum atomic E-state index is 12.5. The van der Waals surface area contributed by atoms with Crippen molar-refractivity contribution in [2.45, 2.75) is 58.6 Å². The van der Waals surface area contributed by atoms with Crippen molar-refractivity contribution >= 4 is 5.91 Å². The van der Waals surface area contributed by atoms with Crippen molar-refractivity contribution in [3.05, 3.63) is 29.8 Å². The first-order chi connectivity index (χ1) is 11.0. The van der Waals surface area contributed by atoms with Gasteiger partial charge in [-0.15, -0.1) is 0 Å². The number of carbonyl (C=O) groups is 1. The van der Waals surface area contributed by atoms with Gasteiger partial charge in [0, 0.05) is 6.54 Å². The summed E-state index contributed by atoms with van der Waals surface area (Å²) in [5.74, 6) is 0.934. The van der Waals surface area contributed by atoms with Gasteiger partial charge < -0.3 is 14.7 Å². The lowest BCUT2D eigenvalue weighted by molar-refractivity contribution is -0.141. The number of hydrogen-bond donors (Lipinski definition) is 1. The van der Waals surface area contributed by atoms with E-state index in [0.29, 0.717) is 12.5 Å². The molecule has 0 spiro atoms. The molecular formula is C19H29NO3. The van der Waals surface area contributed by atoms with Gasteiger partial charge in [0.05, 0.1) is 12.1 Å². The van der Waals surface area contributed by atoms with Gasteiger partial charge in [0.25, 0.3) is 0 Å². The Hall–Kier alpha value is -1.55. The van der Waals surface area contributed by atoms with Crippen molar-refractivity contribution < 1.29 is 14.6 Å². The van der Waals surface area contributed by atoms with Crippen LogP contribution in [0.2, 0.25) is 0 Å². The van der Waals surface area contributed by atoms with Crippen LogP contribution >= 0.6 is 0 Å². The van der Waals surface area contributed by atoms with Crippen LogP contribution < -0.4 is 0 Å². The SMILES string of the molecule is CCN(C(=O)COC1CCCC(C)C1)C(C)c1cccc(O)c1. The highest BCUT2D eigenvalue weighted by Gasteiger charge is 2.24. The number of phenols is 1. The number of phenolic OH excluding ortho intramolecular Hbond substituents is 1. The third-order valence-corrected chi connectivity index (χ3v) is 4.81. The van der Waals surface area contributed by atoms with E-state index >= 15 is 0 Å². The molecule has 1 aliphatic rings. The number of rotatable bonds is 6. The Morgan fingerprint density at radius 3 is 2.87 bits per heavy atom. The molecule has 1 aromatic carbocycles. The van der Waals surface area contributed by atoms with Crippen LogP contribution in [0.15, 0.2) is 24.3 Å². The first kappa shape index (κ1) is 17.8. The molecule has 1 aromatic rings. The summed E-state index contributed by atoms with van der Waals surface area (Å²) >= 11 is 0. The number of hydrogen-bond acceptors (Lipinski definition) is 3. The molecule has 128 valence electrons. The number of likely N-dealkylation sites (N-methyl/N-ethyl adjacent to an activating group) is 1. The fourth-order valence-electron chi connectivity index (χ4n) is 3.43. The first-order valence-corrected chi connectivity index (χ1v) is 8.71. The lowest BCUT2D eigenvalue weighted by atomic mass is 9.89. The minimum absolute atomic E-state index is 0.0153. The van der Waals surface area contributed by atoms with Crippen molar-refractivity contribution in [3.8, 4) is 5.75 Å². The van der Waals surface area contributed by atoms with Crippen LogP contribution in [0.5, 0.6) is 5.75 Å². The van der Waals surface area contributed by atoms with E-state index in [-0.39, 0.29) is 30.4 Å². The molecule has 4 nitrogen and oxygen atoms in total. The number of carbonyl (C=O) groups excluding carboxylic acids is 1. The van der Waals surface area contributed by atoms with Crippen molar-refractivity contribution in [1.82, 2.24) is 4.90 Å². The van der Waals surface area contributed by atoms with Crippen LogP contribution in [0.4, 0.5) is 0 Å². The van der Waals surface area contributed by atoms with E-state index in [9.17, 15) is 9.90 Å². The monoisotopic (exact) mass is 319 g/mol. The topological polar surface area (TPSA) is 49.8 Å². The zero-order valence-corrected chi connectivity index (χ0v) is 14.5. The minimum atomic E-state index is -0.0755. The summed E-state index contributed by atoms with van der Waals surface area (Å²) in [4.78, 5) is 14.3. The number of ether oxygens (including phenoxy) is 1. The maximum absolute atomic E-state index is 12.5. The first-order valence-electron chi connectivity index (χ1n) is 8.71. The molecular weight excluding hydrogens is 290 g/mol. The molecule has 2 rings (SSSR count). The molecule has 3 unspecified atom stereocenters. The second kappa shape index (κ2) is 8.34. The van der Waals surface area contributed by atoms with Crippen LogP contribution in [0.3, 0.4) is 0 Å². The zero-order chi connectivity index (χ0) is 16.8. The summed E-state index contributed by atoms with van der Waals surface area (Å²) in [6.07, 6.45) is 4.80. The highest BCUT2D eigenvalue weighted by Crippen LogP contribution is 2.26. The molecule has 0 radical (unpaired) electrons. The molecule has 0 aromatic heterocycles. The Morgan fingerprint density at radius 2 is 2.22 bits per heavy atom. The molecule has 23 heavy (non-hydrogen) atoms. The maximum Gasteiger partial charge on any atom is 0.249 e. The molecule has 1 aliphatic carbocycles. The van der Waals surface area contributed by atoms with Gasteiger partial charge in [0.2, 0.25) is 5.91 Å². The van der Waals surface area contributed by atoms with Gasteiger partial charge in [-0.05, 0) is 50.3 Å². The molecule has 1 saturated carbocycles. The fraction of sp³-hybridized carbons (Fsp3) is 0.632. The summed E-state index contributed by atoms with van der Waals surface area (Å²) in [6, 6.07) is 7.02. The number of nitrogens with zero attached hydrogens (tertiary/aromatic N) is 1. The van der Waals surface area contributed by atoms with E-state index < -0.39 is 0 Å². The van der Waals surface area contributed by atoms with Gasteiger partial charge in [-0.2, -0.15) is 0 Å². The molecule has 4 heteroatoms. The summed E-state index contributed by atoms with van der Waals surface area (Å²) in [5, 5.41) is 9.63. The Balaban J connectivity index is 1.92. The van der Waals surface area contributed by atoms with Gasteiger partial charge in [0.1, 0.15) is 12.4 Å². The predicted octanol–water partition coefficient (Wildman–Crippen LogP) is 3.90. The Bertz CT molecular complexity index is 517. The second-order valence-electron chi connectivity index (χ2n) is 6.66. The molecule has 0 bridgehead atoms. The van der Waals surface area contributed by atoms with E-state index in [1.165, 1.54) is 12.8 Å². The molecule has 1 N–H and O–H groups in total. The number of amides is 1. The number of aromatic hydroxyl groups is 1. The van der Waals surface area contributed by atoms with E-state index in [1.54, 1.807) is 23.1 Å². The molecule has 0 heterocycles. The number of benzene rings is 1. The van der Waals surface area contributed by atoms with Crippen molar-refractivity contribution in [2.24, 2.45) is 5.92 Å². The Labute approximate surface area is 139 Å². The van der Waals surface area contributed by atoms with Crippen LogP contribution in [-0.4, -0.2) is 35.2 Å². The van der Waals surface area contributed by atoms with Crippen molar-refractivity contribution in [2.75, 3.05) is 13.2 Å². The van der Waals surface area contributed by atoms with Crippen LogP contribution in [0, 0.1) is 5.92 Å². The van der Waals surface area contributed by atoms with E-state index in [2.05, 4.69) is 6.92 Å². The fourth-order valence-corrected chi connectivity index (χ4v) is 3.43. The average Bonchev–Trinajstić information content (AvgIpc) is 2.53. The third-order valence-electron chi connectivity index (χ3n) is 4.81. The van der Waals surface area contributed by atoms with Gasteiger partial charge in [0.15, 0.2) is 0 Å². The van der Waals surface area contributed by atoms with E-state index in [1.807, 2.05) is 19.9 Å². The molecule has 0 aliphatic heterocycles. The van der Waals surface area contributed by atoms with Crippen LogP contribution in [-0.2, 0) is 9.53 Å². The Morgan fingerprint density at radius 1 is 1.43 bits per heavy atom. The normalized spacial score (nSPS) is 22.6. The van der Waals surface area contributed by atoms with Gasteiger partial charge in [-0.25, -0.2) is 0 Å². The van der Waals surface area contributed by atoms with Crippen molar-refractivity contribution in [1.29, 1.82) is 0 Å². The highest BCUT2D eigenvalue weighted by molar-refractivity contribution is 5.78. The standard InChI is InChI=1S/C19H29NO3/c1-4-20(15(3)16-8-6-9-17(21)12-16)19(22)13-23-18-10-5-7-14(2)11-18/h6,8-9,12,14-15,18,21H,4-5,7,10-11,13H2,1-3H3. The van der Waals surface area contributed by atoms with Crippen LogP contribution in [0.25, 0.3) is 0 Å². The quantitative estimate of drug-likeness (QED) is 0.865. The van der Waals surface area contributed by atoms with Gasteiger partial charge in [-0.1, -0.05) is 31.9 Å². The smallest absolute Gasteiger partial charge is 0.249 e. The lowest BCUT2D eigenvalue weighted by Gasteiger charge is -2.31. The summed E-state index contributed by atoms with van der Waals surface area (Å²) in [7, 11) is 0. The highest BCUT2D eigenvalue weighted by atomic mass is 16.5. The predicted molar refractivity (Wildman–Crippen MR) is 91.3 cm³/mol.